The second-order valence-electron chi connectivity index (χ2n) is 13.1. The average Bonchev–Trinajstić information content (AvgIpc) is 3.85. The standard InChI is InChI=1S/C45H28N6/c1-2-9-31(10-3-1)50-41-15-8-22-47-44(41)45-42(50)21-20-37(49-45)30-23-32(27-46-26-30)51-40-14-7-5-12-34(40)35-18-16-29(25-43(35)51)28-17-19-39-36(24-28)33-11-4-6-13-38(33)48-39/h1-27,48H. The molecule has 6 aromatic heterocycles. The second-order valence-corrected chi connectivity index (χ2v) is 13.1. The van der Waals surface area contributed by atoms with Gasteiger partial charge in [0.05, 0.1) is 39.6 Å². The fourth-order valence-corrected chi connectivity index (χ4v) is 7.86. The van der Waals surface area contributed by atoms with E-state index in [1.165, 1.54) is 27.1 Å². The van der Waals surface area contributed by atoms with E-state index in [9.17, 15) is 0 Å². The van der Waals surface area contributed by atoms with Crippen LogP contribution in [0.4, 0.5) is 0 Å². The number of hydrogen-bond acceptors (Lipinski definition) is 3. The Balaban J connectivity index is 1.08. The van der Waals surface area contributed by atoms with Crippen molar-refractivity contribution in [2.24, 2.45) is 0 Å². The summed E-state index contributed by atoms with van der Waals surface area (Å²) in [6.07, 6.45) is 5.68. The van der Waals surface area contributed by atoms with Gasteiger partial charge in [0.1, 0.15) is 11.0 Å². The van der Waals surface area contributed by atoms with Crippen LogP contribution in [0.1, 0.15) is 0 Å². The maximum absolute atomic E-state index is 5.23. The quantitative estimate of drug-likeness (QED) is 0.206. The van der Waals surface area contributed by atoms with Crippen LogP contribution in [0.25, 0.3) is 99.4 Å². The van der Waals surface area contributed by atoms with Crippen molar-refractivity contribution < 1.29 is 0 Å². The minimum atomic E-state index is 0.850. The van der Waals surface area contributed by atoms with Crippen molar-refractivity contribution in [1.82, 2.24) is 29.1 Å². The van der Waals surface area contributed by atoms with Crippen LogP contribution in [0.3, 0.4) is 0 Å². The van der Waals surface area contributed by atoms with E-state index in [4.69, 9.17) is 15.0 Å². The molecule has 0 spiro atoms. The Morgan fingerprint density at radius 2 is 1.16 bits per heavy atom. The summed E-state index contributed by atoms with van der Waals surface area (Å²) in [6.45, 7) is 0. The molecule has 5 aromatic carbocycles. The van der Waals surface area contributed by atoms with Gasteiger partial charge in [-0.1, -0.05) is 72.8 Å². The Morgan fingerprint density at radius 1 is 0.431 bits per heavy atom. The van der Waals surface area contributed by atoms with Gasteiger partial charge in [0.2, 0.25) is 0 Å². The highest BCUT2D eigenvalue weighted by Gasteiger charge is 2.18. The number of fused-ring (bicyclic) bond motifs is 9. The largest absolute Gasteiger partial charge is 0.355 e. The number of rotatable bonds is 4. The number of nitrogens with one attached hydrogen (secondary N) is 1. The first kappa shape index (κ1) is 27.9. The summed E-state index contributed by atoms with van der Waals surface area (Å²) >= 11 is 0. The molecule has 0 saturated carbocycles. The predicted molar refractivity (Wildman–Crippen MR) is 209 cm³/mol. The Kier molecular flexibility index (Phi) is 5.86. The van der Waals surface area contributed by atoms with Crippen LogP contribution < -0.4 is 0 Å². The number of H-pyrrole nitrogens is 1. The van der Waals surface area contributed by atoms with Gasteiger partial charge >= 0.3 is 0 Å². The van der Waals surface area contributed by atoms with Crippen molar-refractivity contribution in [3.63, 3.8) is 0 Å². The lowest BCUT2D eigenvalue weighted by molar-refractivity contribution is 1.14. The number of aromatic nitrogens is 6. The molecule has 6 heterocycles. The lowest BCUT2D eigenvalue weighted by atomic mass is 10.0. The zero-order valence-electron chi connectivity index (χ0n) is 27.3. The molecule has 0 saturated heterocycles. The summed E-state index contributed by atoms with van der Waals surface area (Å²) in [5, 5.41) is 4.87. The van der Waals surface area contributed by atoms with Gasteiger partial charge in [-0.3, -0.25) is 9.97 Å². The first-order valence-electron chi connectivity index (χ1n) is 17.1. The van der Waals surface area contributed by atoms with Gasteiger partial charge in [-0.15, -0.1) is 0 Å². The van der Waals surface area contributed by atoms with E-state index in [0.717, 1.165) is 72.3 Å². The van der Waals surface area contributed by atoms with Gasteiger partial charge < -0.3 is 14.1 Å². The van der Waals surface area contributed by atoms with Gasteiger partial charge in [-0.25, -0.2) is 4.98 Å². The van der Waals surface area contributed by atoms with E-state index in [1.54, 1.807) is 0 Å². The lowest BCUT2D eigenvalue weighted by Gasteiger charge is -2.11. The van der Waals surface area contributed by atoms with Crippen molar-refractivity contribution in [1.29, 1.82) is 0 Å². The van der Waals surface area contributed by atoms with Gasteiger partial charge in [0, 0.05) is 56.2 Å². The van der Waals surface area contributed by atoms with Crippen molar-refractivity contribution in [3.8, 4) is 33.8 Å². The molecule has 0 atom stereocenters. The fraction of sp³-hybridized carbons (Fsp3) is 0. The molecule has 6 nitrogen and oxygen atoms in total. The highest BCUT2D eigenvalue weighted by molar-refractivity contribution is 6.12. The molecular formula is C45H28N6. The first-order valence-corrected chi connectivity index (χ1v) is 17.1. The van der Waals surface area contributed by atoms with Crippen molar-refractivity contribution in [2.75, 3.05) is 0 Å². The Morgan fingerprint density at radius 3 is 2.10 bits per heavy atom. The average molecular weight is 653 g/mol. The van der Waals surface area contributed by atoms with Crippen LogP contribution in [0.2, 0.25) is 0 Å². The third-order valence-corrected chi connectivity index (χ3v) is 10.2. The van der Waals surface area contributed by atoms with Crippen molar-refractivity contribution >= 4 is 65.7 Å². The Hall–Kier alpha value is -7.05. The minimum absolute atomic E-state index is 0.850. The number of aromatic amines is 1. The first-order chi connectivity index (χ1) is 25.3. The van der Waals surface area contributed by atoms with Gasteiger partial charge in [0.25, 0.3) is 0 Å². The predicted octanol–water partition coefficient (Wildman–Crippen LogP) is 11.0. The highest BCUT2D eigenvalue weighted by Crippen LogP contribution is 2.37. The molecule has 0 unspecified atom stereocenters. The SMILES string of the molecule is c1ccc(-n2c3cccnc3c3nc(-c4cncc(-n5c6ccccc6c6ccc(-c7ccc8[nH]c9ccccc9c8c7)cc65)c4)ccc32)cc1. The molecule has 1 N–H and O–H groups in total. The van der Waals surface area contributed by atoms with Crippen LogP contribution in [0, 0.1) is 0 Å². The van der Waals surface area contributed by atoms with E-state index in [2.05, 4.69) is 148 Å². The van der Waals surface area contributed by atoms with Crippen LogP contribution in [0.15, 0.2) is 164 Å². The van der Waals surface area contributed by atoms with Crippen LogP contribution in [-0.4, -0.2) is 29.1 Å². The number of nitrogens with zero attached hydrogens (tertiary/aromatic N) is 5. The summed E-state index contributed by atoms with van der Waals surface area (Å²) in [7, 11) is 0. The number of para-hydroxylation sites is 3. The Bertz CT molecular complexity index is 3150. The van der Waals surface area contributed by atoms with E-state index in [-0.39, 0.29) is 0 Å². The molecule has 0 radical (unpaired) electrons. The molecule has 0 amide bonds. The molecule has 0 aliphatic rings. The molecular weight excluding hydrogens is 625 g/mol. The fourth-order valence-electron chi connectivity index (χ4n) is 7.86. The molecule has 11 aromatic rings. The van der Waals surface area contributed by atoms with E-state index in [1.807, 2.05) is 30.7 Å². The molecule has 6 heteroatoms. The minimum Gasteiger partial charge on any atom is -0.355 e. The third-order valence-electron chi connectivity index (χ3n) is 10.2. The third kappa shape index (κ3) is 4.20. The number of hydrogen-bond donors (Lipinski definition) is 1. The summed E-state index contributed by atoms with van der Waals surface area (Å²) in [4.78, 5) is 18.3. The van der Waals surface area contributed by atoms with Gasteiger partial charge in [-0.05, 0) is 83.9 Å². The maximum atomic E-state index is 5.23. The smallest absolute Gasteiger partial charge is 0.115 e. The Labute approximate surface area is 291 Å². The molecule has 238 valence electrons. The monoisotopic (exact) mass is 652 g/mol. The maximum Gasteiger partial charge on any atom is 0.115 e. The normalized spacial score (nSPS) is 11.9. The second kappa shape index (κ2) is 10.7. The van der Waals surface area contributed by atoms with Crippen molar-refractivity contribution in [2.45, 2.75) is 0 Å². The summed E-state index contributed by atoms with van der Waals surface area (Å²) in [5.41, 5.74) is 14.5. The van der Waals surface area contributed by atoms with Gasteiger partial charge in [0.15, 0.2) is 0 Å². The zero-order valence-corrected chi connectivity index (χ0v) is 27.3. The summed E-state index contributed by atoms with van der Waals surface area (Å²) < 4.78 is 4.56. The van der Waals surface area contributed by atoms with Crippen LogP contribution >= 0.6 is 0 Å². The lowest BCUT2D eigenvalue weighted by Crippen LogP contribution is -1.97. The topological polar surface area (TPSA) is 64.3 Å². The molecule has 11 rings (SSSR count). The number of benzene rings is 5. The molecule has 0 aliphatic carbocycles. The zero-order chi connectivity index (χ0) is 33.5. The summed E-state index contributed by atoms with van der Waals surface area (Å²) in [6, 6.07) is 51.5. The number of pyridine rings is 3. The van der Waals surface area contributed by atoms with E-state index < -0.39 is 0 Å². The molecule has 0 aliphatic heterocycles. The van der Waals surface area contributed by atoms with Crippen LogP contribution in [-0.2, 0) is 0 Å². The van der Waals surface area contributed by atoms with Crippen molar-refractivity contribution in [3.05, 3.63) is 164 Å². The molecule has 51 heavy (non-hydrogen) atoms. The van der Waals surface area contributed by atoms with Gasteiger partial charge in [-0.2, -0.15) is 0 Å². The van der Waals surface area contributed by atoms with E-state index in [0.29, 0.717) is 0 Å². The molecule has 0 fully saturated rings. The molecule has 0 bridgehead atoms. The van der Waals surface area contributed by atoms with E-state index >= 15 is 0 Å². The summed E-state index contributed by atoms with van der Waals surface area (Å²) in [5.74, 6) is 0. The van der Waals surface area contributed by atoms with Crippen LogP contribution in [0.5, 0.6) is 0 Å². The highest BCUT2D eigenvalue weighted by atomic mass is 15.0.